The number of hydrogen-bond donors (Lipinski definition) is 1. The van der Waals surface area contributed by atoms with Crippen LogP contribution in [0.2, 0.25) is 0 Å². The summed E-state index contributed by atoms with van der Waals surface area (Å²) in [5, 5.41) is 1.26. The quantitative estimate of drug-likeness (QED) is 0.859. The maximum Gasteiger partial charge on any atom is 0.200 e. The van der Waals surface area contributed by atoms with Crippen molar-refractivity contribution in [3.8, 4) is 0 Å². The molecule has 0 aromatic heterocycles. The minimum Gasteiger partial charge on any atom is -0.324 e. The molecule has 0 aliphatic carbocycles. The van der Waals surface area contributed by atoms with Gasteiger partial charge in [-0.3, -0.25) is 0 Å². The number of nitrogens with two attached hydrogens (primary N) is 1. The van der Waals surface area contributed by atoms with Crippen LogP contribution in [0.15, 0.2) is 33.0 Å². The SMILES string of the molecule is CC(N)C1=CS(=O)(=O)c2cccc(Br)c21. The summed E-state index contributed by atoms with van der Waals surface area (Å²) < 4.78 is 24.3. The van der Waals surface area contributed by atoms with Gasteiger partial charge < -0.3 is 5.73 Å². The molecule has 0 amide bonds. The Kier molecular flexibility index (Phi) is 2.48. The predicted octanol–water partition coefficient (Wildman–Crippen LogP) is 1.92. The van der Waals surface area contributed by atoms with Crippen molar-refractivity contribution in [2.75, 3.05) is 0 Å². The molecule has 80 valence electrons. The molecule has 0 bridgehead atoms. The third kappa shape index (κ3) is 1.64. The van der Waals surface area contributed by atoms with Crippen molar-refractivity contribution in [1.82, 2.24) is 0 Å². The Morgan fingerprint density at radius 3 is 2.67 bits per heavy atom. The van der Waals surface area contributed by atoms with Crippen molar-refractivity contribution in [3.63, 3.8) is 0 Å². The summed E-state index contributed by atoms with van der Waals surface area (Å²) in [6, 6.07) is 4.83. The van der Waals surface area contributed by atoms with Gasteiger partial charge in [-0.05, 0) is 24.6 Å². The van der Waals surface area contributed by atoms with E-state index in [9.17, 15) is 8.42 Å². The molecule has 0 saturated carbocycles. The molecule has 15 heavy (non-hydrogen) atoms. The van der Waals surface area contributed by atoms with Crippen LogP contribution in [0.1, 0.15) is 12.5 Å². The third-order valence-electron chi connectivity index (χ3n) is 2.34. The molecular formula is C10H10BrNO2S. The van der Waals surface area contributed by atoms with Gasteiger partial charge in [0.2, 0.25) is 9.84 Å². The molecule has 1 aliphatic rings. The maximum absolute atomic E-state index is 11.8. The average molecular weight is 288 g/mol. The van der Waals surface area contributed by atoms with Gasteiger partial charge in [-0.25, -0.2) is 8.42 Å². The van der Waals surface area contributed by atoms with E-state index in [4.69, 9.17) is 5.73 Å². The van der Waals surface area contributed by atoms with E-state index in [0.717, 1.165) is 4.47 Å². The number of halogens is 1. The van der Waals surface area contributed by atoms with Gasteiger partial charge in [0.1, 0.15) is 0 Å². The van der Waals surface area contributed by atoms with E-state index in [1.54, 1.807) is 19.1 Å². The molecule has 1 unspecified atom stereocenters. The van der Waals surface area contributed by atoms with E-state index in [0.29, 0.717) is 16.0 Å². The fourth-order valence-electron chi connectivity index (χ4n) is 1.65. The van der Waals surface area contributed by atoms with E-state index in [1.165, 1.54) is 5.41 Å². The van der Waals surface area contributed by atoms with Crippen LogP contribution >= 0.6 is 15.9 Å². The molecule has 1 aromatic rings. The lowest BCUT2D eigenvalue weighted by atomic mass is 10.0. The highest BCUT2D eigenvalue weighted by molar-refractivity contribution is 9.10. The van der Waals surface area contributed by atoms with Crippen LogP contribution in [0.5, 0.6) is 0 Å². The molecule has 0 radical (unpaired) electrons. The van der Waals surface area contributed by atoms with Crippen molar-refractivity contribution in [2.45, 2.75) is 17.9 Å². The molecule has 1 heterocycles. The van der Waals surface area contributed by atoms with Crippen LogP contribution in [0.3, 0.4) is 0 Å². The van der Waals surface area contributed by atoms with E-state index < -0.39 is 9.84 Å². The Hall–Kier alpha value is -0.650. The van der Waals surface area contributed by atoms with Gasteiger partial charge in [-0.2, -0.15) is 0 Å². The highest BCUT2D eigenvalue weighted by atomic mass is 79.9. The molecular weight excluding hydrogens is 278 g/mol. The molecule has 0 fully saturated rings. The number of rotatable bonds is 1. The zero-order chi connectivity index (χ0) is 11.2. The first-order valence-electron chi connectivity index (χ1n) is 4.44. The van der Waals surface area contributed by atoms with Crippen LogP contribution < -0.4 is 5.73 Å². The Morgan fingerprint density at radius 2 is 2.07 bits per heavy atom. The monoisotopic (exact) mass is 287 g/mol. The topological polar surface area (TPSA) is 60.2 Å². The third-order valence-corrected chi connectivity index (χ3v) is 4.52. The average Bonchev–Trinajstić information content (AvgIpc) is 2.40. The first-order chi connectivity index (χ1) is 6.93. The van der Waals surface area contributed by atoms with Crippen molar-refractivity contribution >= 4 is 31.3 Å². The first-order valence-corrected chi connectivity index (χ1v) is 6.78. The van der Waals surface area contributed by atoms with Crippen molar-refractivity contribution < 1.29 is 8.42 Å². The fourth-order valence-corrected chi connectivity index (χ4v) is 3.95. The second-order valence-electron chi connectivity index (χ2n) is 3.52. The van der Waals surface area contributed by atoms with Crippen LogP contribution in [0, 0.1) is 0 Å². The van der Waals surface area contributed by atoms with Gasteiger partial charge >= 0.3 is 0 Å². The minimum atomic E-state index is -3.29. The summed E-state index contributed by atoms with van der Waals surface area (Å²) in [6.07, 6.45) is 0. The van der Waals surface area contributed by atoms with Crippen molar-refractivity contribution in [1.29, 1.82) is 0 Å². The smallest absolute Gasteiger partial charge is 0.200 e. The van der Waals surface area contributed by atoms with E-state index in [2.05, 4.69) is 15.9 Å². The molecule has 1 aliphatic heterocycles. The predicted molar refractivity (Wildman–Crippen MR) is 63.0 cm³/mol. The van der Waals surface area contributed by atoms with Crippen molar-refractivity contribution in [2.24, 2.45) is 5.73 Å². The van der Waals surface area contributed by atoms with Crippen LogP contribution in [0.25, 0.3) is 5.57 Å². The summed E-state index contributed by atoms with van der Waals surface area (Å²) in [5.74, 6) is 0. The maximum atomic E-state index is 11.8. The molecule has 5 heteroatoms. The van der Waals surface area contributed by atoms with Gasteiger partial charge in [0.05, 0.1) is 4.90 Å². The number of benzene rings is 1. The zero-order valence-corrected chi connectivity index (χ0v) is 10.5. The summed E-state index contributed by atoms with van der Waals surface area (Å²) in [4.78, 5) is 0.337. The molecule has 0 spiro atoms. The summed E-state index contributed by atoms with van der Waals surface area (Å²) in [6.45, 7) is 1.77. The van der Waals surface area contributed by atoms with E-state index in [1.807, 2.05) is 6.07 Å². The van der Waals surface area contributed by atoms with Gasteiger partial charge in [-0.1, -0.05) is 22.0 Å². The largest absolute Gasteiger partial charge is 0.324 e. The van der Waals surface area contributed by atoms with E-state index >= 15 is 0 Å². The van der Waals surface area contributed by atoms with Crippen LogP contribution in [-0.4, -0.2) is 14.5 Å². The highest BCUT2D eigenvalue weighted by Gasteiger charge is 2.29. The lowest BCUT2D eigenvalue weighted by Gasteiger charge is -2.09. The molecule has 0 saturated heterocycles. The summed E-state index contributed by atoms with van der Waals surface area (Å²) in [5.41, 5.74) is 7.11. The van der Waals surface area contributed by atoms with Gasteiger partial charge in [-0.15, -0.1) is 0 Å². The number of hydrogen-bond acceptors (Lipinski definition) is 3. The second kappa shape index (κ2) is 3.43. The molecule has 1 aromatic carbocycles. The Morgan fingerprint density at radius 1 is 1.40 bits per heavy atom. The molecule has 3 nitrogen and oxygen atoms in total. The number of fused-ring (bicyclic) bond motifs is 1. The molecule has 2 N–H and O–H groups in total. The van der Waals surface area contributed by atoms with Crippen LogP contribution in [0.4, 0.5) is 0 Å². The first kappa shape index (κ1) is 10.9. The van der Waals surface area contributed by atoms with Crippen LogP contribution in [-0.2, 0) is 9.84 Å². The lowest BCUT2D eigenvalue weighted by molar-refractivity contribution is 0.605. The standard InChI is InChI=1S/C10H10BrNO2S/c1-6(12)7-5-15(13,14)9-4-2-3-8(11)10(7)9/h2-6H,12H2,1H3. The zero-order valence-electron chi connectivity index (χ0n) is 8.07. The highest BCUT2D eigenvalue weighted by Crippen LogP contribution is 2.39. The summed E-state index contributed by atoms with van der Waals surface area (Å²) >= 11 is 3.35. The normalized spacial score (nSPS) is 19.5. The van der Waals surface area contributed by atoms with E-state index in [-0.39, 0.29) is 6.04 Å². The van der Waals surface area contributed by atoms with Gasteiger partial charge in [0, 0.05) is 21.5 Å². The number of sulfone groups is 1. The fraction of sp³-hybridized carbons (Fsp3) is 0.200. The Labute approximate surface area is 97.0 Å². The minimum absolute atomic E-state index is 0.292. The lowest BCUT2D eigenvalue weighted by Crippen LogP contribution is -2.16. The second-order valence-corrected chi connectivity index (χ2v) is 6.14. The van der Waals surface area contributed by atoms with Gasteiger partial charge in [0.25, 0.3) is 0 Å². The molecule has 2 rings (SSSR count). The Balaban J connectivity index is 2.80. The van der Waals surface area contributed by atoms with Gasteiger partial charge in [0.15, 0.2) is 0 Å². The van der Waals surface area contributed by atoms with Crippen molar-refractivity contribution in [3.05, 3.63) is 33.6 Å². The Bertz CT molecular complexity index is 547. The summed E-state index contributed by atoms with van der Waals surface area (Å²) in [7, 11) is -3.29. The molecule has 1 atom stereocenters.